The van der Waals surface area contributed by atoms with Gasteiger partial charge in [0.2, 0.25) is 5.91 Å². The molecular formula is C17H22N2O2S. The van der Waals surface area contributed by atoms with Crippen LogP contribution >= 0.6 is 11.3 Å². The lowest BCUT2D eigenvalue weighted by Crippen LogP contribution is -2.40. The van der Waals surface area contributed by atoms with E-state index in [1.54, 1.807) is 11.3 Å². The highest BCUT2D eigenvalue weighted by molar-refractivity contribution is 7.07. The number of nitrogens with zero attached hydrogens (tertiary/aromatic N) is 2. The number of aryl methyl sites for hydroxylation is 2. The first-order chi connectivity index (χ1) is 10.6. The Morgan fingerprint density at radius 2 is 2.36 bits per heavy atom. The number of carbonyl (C=O) groups is 1. The summed E-state index contributed by atoms with van der Waals surface area (Å²) in [6.45, 7) is 5.02. The summed E-state index contributed by atoms with van der Waals surface area (Å²) in [6.07, 6.45) is 3.29. The zero-order chi connectivity index (χ0) is 15.5. The van der Waals surface area contributed by atoms with E-state index in [-0.39, 0.29) is 11.9 Å². The Morgan fingerprint density at radius 3 is 3.05 bits per heavy atom. The van der Waals surface area contributed by atoms with Crippen molar-refractivity contribution in [2.24, 2.45) is 5.92 Å². The van der Waals surface area contributed by atoms with Crippen LogP contribution in [0.15, 0.2) is 27.4 Å². The largest absolute Gasteiger partial charge is 0.464 e. The Morgan fingerprint density at radius 1 is 1.50 bits per heavy atom. The molecule has 3 rings (SSSR count). The third-order valence-corrected chi connectivity index (χ3v) is 4.99. The number of aromatic nitrogens is 1. The number of furan rings is 1. The number of amides is 1. The SMILES string of the molecule is Cc1ccc([C@H]2C[C@H](C)CCN2C(=O)CCc2cscn2)o1. The highest BCUT2D eigenvalue weighted by atomic mass is 32.1. The van der Waals surface area contributed by atoms with Gasteiger partial charge < -0.3 is 9.32 Å². The third kappa shape index (κ3) is 3.40. The lowest BCUT2D eigenvalue weighted by Gasteiger charge is -2.37. The molecule has 0 aliphatic carbocycles. The van der Waals surface area contributed by atoms with Crippen LogP contribution in [0.4, 0.5) is 0 Å². The lowest BCUT2D eigenvalue weighted by atomic mass is 9.90. The van der Waals surface area contributed by atoms with Crippen LogP contribution in [0.3, 0.4) is 0 Å². The van der Waals surface area contributed by atoms with Crippen LogP contribution in [0.5, 0.6) is 0 Å². The van der Waals surface area contributed by atoms with Gasteiger partial charge in [-0.3, -0.25) is 4.79 Å². The van der Waals surface area contributed by atoms with Crippen molar-refractivity contribution in [3.8, 4) is 0 Å². The molecule has 0 unspecified atom stereocenters. The molecule has 2 aromatic rings. The first-order valence-corrected chi connectivity index (χ1v) is 8.80. The minimum absolute atomic E-state index is 0.0837. The van der Waals surface area contributed by atoms with Crippen molar-refractivity contribution in [3.05, 3.63) is 40.2 Å². The van der Waals surface area contributed by atoms with E-state index in [1.807, 2.05) is 34.8 Å². The van der Waals surface area contributed by atoms with E-state index in [4.69, 9.17) is 4.42 Å². The molecule has 0 N–H and O–H groups in total. The fourth-order valence-electron chi connectivity index (χ4n) is 3.08. The lowest BCUT2D eigenvalue weighted by molar-refractivity contribution is -0.136. The molecule has 3 heterocycles. The number of thiazole rings is 1. The van der Waals surface area contributed by atoms with Crippen LogP contribution in [0, 0.1) is 12.8 Å². The van der Waals surface area contributed by atoms with Gasteiger partial charge in [-0.25, -0.2) is 4.98 Å². The van der Waals surface area contributed by atoms with Crippen molar-refractivity contribution in [2.45, 2.75) is 45.6 Å². The van der Waals surface area contributed by atoms with Gasteiger partial charge in [0.05, 0.1) is 17.2 Å². The second-order valence-electron chi connectivity index (χ2n) is 6.16. The van der Waals surface area contributed by atoms with Crippen molar-refractivity contribution in [1.82, 2.24) is 9.88 Å². The summed E-state index contributed by atoms with van der Waals surface area (Å²) in [5, 5.41) is 2.01. The Balaban J connectivity index is 1.70. The summed E-state index contributed by atoms with van der Waals surface area (Å²) in [7, 11) is 0. The van der Waals surface area contributed by atoms with Gasteiger partial charge in [-0.2, -0.15) is 0 Å². The number of hydrogen-bond acceptors (Lipinski definition) is 4. The number of carbonyl (C=O) groups excluding carboxylic acids is 1. The van der Waals surface area contributed by atoms with E-state index in [0.29, 0.717) is 12.3 Å². The summed E-state index contributed by atoms with van der Waals surface area (Å²) in [6, 6.07) is 4.08. The quantitative estimate of drug-likeness (QED) is 0.856. The molecule has 0 saturated carbocycles. The average Bonchev–Trinajstić information content (AvgIpc) is 3.16. The second kappa shape index (κ2) is 6.65. The monoisotopic (exact) mass is 318 g/mol. The molecule has 0 aromatic carbocycles. The molecule has 0 spiro atoms. The summed E-state index contributed by atoms with van der Waals surface area (Å²) >= 11 is 1.58. The molecule has 1 aliphatic heterocycles. The topological polar surface area (TPSA) is 46.3 Å². The third-order valence-electron chi connectivity index (χ3n) is 4.35. The van der Waals surface area contributed by atoms with E-state index < -0.39 is 0 Å². The van der Waals surface area contributed by atoms with E-state index in [2.05, 4.69) is 11.9 Å². The molecule has 2 atom stereocenters. The van der Waals surface area contributed by atoms with Crippen molar-refractivity contribution >= 4 is 17.2 Å². The summed E-state index contributed by atoms with van der Waals surface area (Å²) in [5.41, 5.74) is 2.82. The van der Waals surface area contributed by atoms with Gasteiger partial charge in [0.1, 0.15) is 11.5 Å². The minimum Gasteiger partial charge on any atom is -0.464 e. The number of piperidine rings is 1. The number of hydrogen-bond donors (Lipinski definition) is 0. The van der Waals surface area contributed by atoms with Crippen LogP contribution in [-0.2, 0) is 11.2 Å². The zero-order valence-corrected chi connectivity index (χ0v) is 13.9. The molecule has 1 amide bonds. The van der Waals surface area contributed by atoms with Crippen LogP contribution < -0.4 is 0 Å². The predicted octanol–water partition coefficient (Wildman–Crippen LogP) is 3.98. The first-order valence-electron chi connectivity index (χ1n) is 7.86. The second-order valence-corrected chi connectivity index (χ2v) is 6.88. The van der Waals surface area contributed by atoms with Gasteiger partial charge in [-0.1, -0.05) is 6.92 Å². The van der Waals surface area contributed by atoms with Gasteiger partial charge in [0.15, 0.2) is 0 Å². The summed E-state index contributed by atoms with van der Waals surface area (Å²) in [4.78, 5) is 18.9. The highest BCUT2D eigenvalue weighted by Gasteiger charge is 2.32. The maximum absolute atomic E-state index is 12.7. The predicted molar refractivity (Wildman–Crippen MR) is 86.7 cm³/mol. The summed E-state index contributed by atoms with van der Waals surface area (Å²) in [5.74, 6) is 2.66. The van der Waals surface area contributed by atoms with Crippen molar-refractivity contribution in [1.29, 1.82) is 0 Å². The highest BCUT2D eigenvalue weighted by Crippen LogP contribution is 2.35. The fourth-order valence-corrected chi connectivity index (χ4v) is 3.67. The normalized spacial score (nSPS) is 22.0. The average molecular weight is 318 g/mol. The van der Waals surface area contributed by atoms with Gasteiger partial charge in [0.25, 0.3) is 0 Å². The molecule has 2 aromatic heterocycles. The van der Waals surface area contributed by atoms with Crippen LogP contribution in [-0.4, -0.2) is 22.3 Å². The standard InChI is InChI=1S/C17H22N2O2S/c1-12-7-8-19(15(9-12)16-5-3-13(2)21-16)17(20)6-4-14-10-22-11-18-14/h3,5,10-12,15H,4,6-9H2,1-2H3/t12-,15-/m1/s1. The van der Waals surface area contributed by atoms with E-state index >= 15 is 0 Å². The van der Waals surface area contributed by atoms with Gasteiger partial charge >= 0.3 is 0 Å². The molecule has 5 heteroatoms. The molecule has 22 heavy (non-hydrogen) atoms. The Hall–Kier alpha value is -1.62. The zero-order valence-electron chi connectivity index (χ0n) is 13.1. The van der Waals surface area contributed by atoms with Crippen molar-refractivity contribution in [3.63, 3.8) is 0 Å². The molecule has 0 radical (unpaired) electrons. The molecule has 1 saturated heterocycles. The smallest absolute Gasteiger partial charge is 0.223 e. The first kappa shape index (κ1) is 15.3. The Kier molecular flexibility index (Phi) is 4.62. The molecule has 1 fully saturated rings. The van der Waals surface area contributed by atoms with Crippen molar-refractivity contribution < 1.29 is 9.21 Å². The van der Waals surface area contributed by atoms with E-state index in [9.17, 15) is 4.79 Å². The summed E-state index contributed by atoms with van der Waals surface area (Å²) < 4.78 is 5.80. The number of rotatable bonds is 4. The van der Waals surface area contributed by atoms with Crippen LogP contribution in [0.25, 0.3) is 0 Å². The maximum Gasteiger partial charge on any atom is 0.223 e. The minimum atomic E-state index is 0.0837. The van der Waals surface area contributed by atoms with E-state index in [0.717, 1.165) is 43.0 Å². The van der Waals surface area contributed by atoms with E-state index in [1.165, 1.54) is 0 Å². The molecule has 118 valence electrons. The molecule has 0 bridgehead atoms. The molecular weight excluding hydrogens is 296 g/mol. The number of likely N-dealkylation sites (tertiary alicyclic amines) is 1. The Bertz CT molecular complexity index is 620. The van der Waals surface area contributed by atoms with Gasteiger partial charge in [-0.15, -0.1) is 11.3 Å². The van der Waals surface area contributed by atoms with Gasteiger partial charge in [-0.05, 0) is 44.2 Å². The maximum atomic E-state index is 12.7. The van der Waals surface area contributed by atoms with Crippen LogP contribution in [0.2, 0.25) is 0 Å². The Labute approximate surface area is 135 Å². The fraction of sp³-hybridized carbons (Fsp3) is 0.529. The van der Waals surface area contributed by atoms with Crippen LogP contribution in [0.1, 0.15) is 49.4 Å². The van der Waals surface area contributed by atoms with Crippen molar-refractivity contribution in [2.75, 3.05) is 6.54 Å². The molecule has 4 nitrogen and oxygen atoms in total. The van der Waals surface area contributed by atoms with Gasteiger partial charge in [0, 0.05) is 18.3 Å². The molecule has 1 aliphatic rings.